The van der Waals surface area contributed by atoms with E-state index < -0.39 is 51.2 Å². The van der Waals surface area contributed by atoms with Crippen LogP contribution in [0.15, 0.2) is 72.8 Å². The van der Waals surface area contributed by atoms with Gasteiger partial charge in [-0.2, -0.15) is 0 Å². The van der Waals surface area contributed by atoms with Crippen molar-refractivity contribution < 1.29 is 46.1 Å². The van der Waals surface area contributed by atoms with Gasteiger partial charge in [-0.15, -0.1) is 0 Å². The molecule has 1 unspecified atom stereocenters. The number of halogens is 1. The number of carbonyl (C=O) groups is 3. The highest BCUT2D eigenvalue weighted by Crippen LogP contribution is 2.47. The van der Waals surface area contributed by atoms with Gasteiger partial charge in [0.2, 0.25) is 15.9 Å². The summed E-state index contributed by atoms with van der Waals surface area (Å²) in [6, 6.07) is 21.0. The molecule has 0 saturated carbocycles. The number of anilines is 1. The average molecular weight is 739 g/mol. The average Bonchev–Trinajstić information content (AvgIpc) is 3.07. The molecule has 0 bridgehead atoms. The van der Waals surface area contributed by atoms with Crippen molar-refractivity contribution in [1.82, 2.24) is 4.72 Å². The molecule has 2 aliphatic rings. The summed E-state index contributed by atoms with van der Waals surface area (Å²) >= 11 is 0. The van der Waals surface area contributed by atoms with Crippen molar-refractivity contribution in [1.29, 1.82) is 0 Å². The van der Waals surface area contributed by atoms with Crippen molar-refractivity contribution in [3.05, 3.63) is 101 Å². The van der Waals surface area contributed by atoms with E-state index in [1.807, 2.05) is 62.4 Å². The molecule has 280 valence electrons. The van der Waals surface area contributed by atoms with Crippen LogP contribution in [0.2, 0.25) is 0 Å². The smallest absolute Gasteiger partial charge is 0.303 e. The molecule has 1 amide bonds. The molecule has 3 atom stereocenters. The van der Waals surface area contributed by atoms with Crippen LogP contribution in [-0.2, 0) is 56.2 Å². The Morgan fingerprint density at radius 2 is 1.56 bits per heavy atom. The van der Waals surface area contributed by atoms with Crippen LogP contribution in [0.1, 0.15) is 81.4 Å². The molecular formula is C39H47FN2O9S. The zero-order valence-electron chi connectivity index (χ0n) is 30.2. The van der Waals surface area contributed by atoms with Gasteiger partial charge in [-0.05, 0) is 86.1 Å². The van der Waals surface area contributed by atoms with E-state index in [1.54, 1.807) is 17.0 Å². The molecular weight excluding hydrogens is 691 g/mol. The summed E-state index contributed by atoms with van der Waals surface area (Å²) in [5.41, 5.74) is 3.17. The maximum absolute atomic E-state index is 13.9. The van der Waals surface area contributed by atoms with Gasteiger partial charge in [0.15, 0.2) is 11.4 Å². The molecule has 5 rings (SSSR count). The molecule has 0 spiro atoms. The first-order valence-electron chi connectivity index (χ1n) is 17.4. The standard InChI is InChI=1S/C39H47FN2O9S/c1-26(43)50-35(30-14-16-32(40)17-15-30)21-20-34-36(42(37(34)45)33-18-10-28(11-19-33)7-6-22-41-52(5,46)47)31-12-8-29(9-13-31)23-39(51-27(2)44)24-48-38(3,4)49-25-39/h8-19,34-36,41H,6-7,20-25H2,1-5H3/t34?,35-,36+/m0/s1. The lowest BCUT2D eigenvalue weighted by Gasteiger charge is -2.48. The minimum atomic E-state index is -3.26. The molecule has 2 heterocycles. The summed E-state index contributed by atoms with van der Waals surface area (Å²) in [5, 5.41) is 0. The minimum Gasteiger partial charge on any atom is -0.458 e. The second kappa shape index (κ2) is 16.2. The number of aryl methyl sites for hydroxylation is 1. The van der Waals surface area contributed by atoms with E-state index in [0.717, 1.165) is 28.6 Å². The molecule has 0 aromatic heterocycles. The second-order valence-corrected chi connectivity index (χ2v) is 15.9. The number of ether oxygens (including phenoxy) is 4. The number of amides is 1. The van der Waals surface area contributed by atoms with Crippen LogP contribution in [0.4, 0.5) is 10.1 Å². The van der Waals surface area contributed by atoms with Gasteiger partial charge in [-0.3, -0.25) is 14.4 Å². The zero-order valence-corrected chi connectivity index (χ0v) is 31.0. The van der Waals surface area contributed by atoms with Crippen LogP contribution < -0.4 is 9.62 Å². The van der Waals surface area contributed by atoms with Crippen molar-refractivity contribution in [3.63, 3.8) is 0 Å². The third-order valence-electron chi connectivity index (χ3n) is 9.30. The molecule has 0 aliphatic carbocycles. The molecule has 3 aromatic rings. The van der Waals surface area contributed by atoms with Gasteiger partial charge in [0.25, 0.3) is 0 Å². The van der Waals surface area contributed by atoms with E-state index in [1.165, 1.54) is 26.0 Å². The summed E-state index contributed by atoms with van der Waals surface area (Å²) in [5.74, 6) is -2.60. The Hall–Kier alpha value is -4.17. The number of hydrogen-bond acceptors (Lipinski definition) is 9. The first-order chi connectivity index (χ1) is 24.5. The lowest BCUT2D eigenvalue weighted by molar-refractivity contribution is -0.303. The van der Waals surface area contributed by atoms with Crippen molar-refractivity contribution in [2.24, 2.45) is 5.92 Å². The highest BCUT2D eigenvalue weighted by atomic mass is 32.2. The van der Waals surface area contributed by atoms with Crippen LogP contribution in [-0.4, -0.2) is 63.7 Å². The molecule has 2 aliphatic heterocycles. The third kappa shape index (κ3) is 10.2. The Morgan fingerprint density at radius 1 is 0.942 bits per heavy atom. The van der Waals surface area contributed by atoms with Crippen LogP contribution in [0.3, 0.4) is 0 Å². The maximum atomic E-state index is 13.9. The number of hydrogen-bond donors (Lipinski definition) is 1. The fraction of sp³-hybridized carbons (Fsp3) is 0.462. The van der Waals surface area contributed by atoms with Crippen molar-refractivity contribution in [2.45, 2.75) is 83.3 Å². The number of sulfonamides is 1. The molecule has 1 N–H and O–H groups in total. The Bertz CT molecular complexity index is 1820. The lowest BCUT2D eigenvalue weighted by Crippen LogP contribution is -2.55. The maximum Gasteiger partial charge on any atom is 0.303 e. The summed E-state index contributed by atoms with van der Waals surface area (Å²) in [6.45, 7) is 6.98. The number of carbonyl (C=O) groups excluding carboxylic acids is 3. The van der Waals surface area contributed by atoms with E-state index in [0.29, 0.717) is 44.2 Å². The van der Waals surface area contributed by atoms with Crippen LogP contribution in [0, 0.1) is 11.7 Å². The lowest BCUT2D eigenvalue weighted by atomic mass is 9.78. The van der Waals surface area contributed by atoms with Gasteiger partial charge in [0.05, 0.1) is 31.4 Å². The molecule has 3 aromatic carbocycles. The topological polar surface area (TPSA) is 138 Å². The van der Waals surface area contributed by atoms with Gasteiger partial charge in [-0.25, -0.2) is 17.5 Å². The molecule has 2 fully saturated rings. The molecule has 0 radical (unpaired) electrons. The monoisotopic (exact) mass is 738 g/mol. The highest BCUT2D eigenvalue weighted by Gasteiger charge is 2.49. The number of β-lactam (4-membered cyclic amide) rings is 1. The van der Waals surface area contributed by atoms with Gasteiger partial charge in [0, 0.05) is 32.5 Å². The van der Waals surface area contributed by atoms with Gasteiger partial charge >= 0.3 is 11.9 Å². The van der Waals surface area contributed by atoms with Gasteiger partial charge in [-0.1, -0.05) is 48.5 Å². The predicted octanol–water partition coefficient (Wildman–Crippen LogP) is 5.72. The van der Waals surface area contributed by atoms with Gasteiger partial charge < -0.3 is 23.8 Å². The summed E-state index contributed by atoms with van der Waals surface area (Å²) < 4.78 is 62.1. The van der Waals surface area contributed by atoms with E-state index in [9.17, 15) is 27.2 Å². The van der Waals surface area contributed by atoms with Crippen LogP contribution in [0.25, 0.3) is 0 Å². The fourth-order valence-electron chi connectivity index (χ4n) is 6.78. The molecule has 11 nitrogen and oxygen atoms in total. The number of nitrogens with one attached hydrogen (secondary N) is 1. The third-order valence-corrected chi connectivity index (χ3v) is 10.0. The molecule has 13 heteroatoms. The van der Waals surface area contributed by atoms with Crippen LogP contribution in [0.5, 0.6) is 0 Å². The van der Waals surface area contributed by atoms with Crippen molar-refractivity contribution in [2.75, 3.05) is 30.9 Å². The Kier molecular flexibility index (Phi) is 12.2. The largest absolute Gasteiger partial charge is 0.458 e. The summed E-state index contributed by atoms with van der Waals surface area (Å²) in [6.07, 6.45) is 2.88. The number of benzene rings is 3. The van der Waals surface area contributed by atoms with Gasteiger partial charge in [0.1, 0.15) is 11.9 Å². The van der Waals surface area contributed by atoms with E-state index in [2.05, 4.69) is 4.72 Å². The van der Waals surface area contributed by atoms with Crippen molar-refractivity contribution >= 4 is 33.6 Å². The zero-order chi connectivity index (χ0) is 37.7. The number of rotatable bonds is 15. The molecule has 52 heavy (non-hydrogen) atoms. The second-order valence-electron chi connectivity index (χ2n) is 14.1. The fourth-order valence-corrected chi connectivity index (χ4v) is 7.29. The van der Waals surface area contributed by atoms with E-state index in [-0.39, 0.29) is 25.2 Å². The van der Waals surface area contributed by atoms with E-state index in [4.69, 9.17) is 18.9 Å². The first-order valence-corrected chi connectivity index (χ1v) is 19.3. The SMILES string of the molecule is CC(=O)O[C@@H](CCC1C(=O)N(c2ccc(CCCNS(C)(=O)=O)cc2)[C@@H]1c1ccc(CC2(OC(C)=O)COC(C)(C)OC2)cc1)c1ccc(F)cc1. The predicted molar refractivity (Wildman–Crippen MR) is 192 cm³/mol. The Labute approximate surface area is 304 Å². The summed E-state index contributed by atoms with van der Waals surface area (Å²) in [4.78, 5) is 39.7. The van der Waals surface area contributed by atoms with Crippen LogP contribution >= 0.6 is 0 Å². The molecule has 2 saturated heterocycles. The minimum absolute atomic E-state index is 0.0761. The van der Waals surface area contributed by atoms with Crippen molar-refractivity contribution in [3.8, 4) is 0 Å². The number of nitrogens with zero attached hydrogens (tertiary/aromatic N) is 1. The Balaban J connectivity index is 1.37. The quantitative estimate of drug-likeness (QED) is 0.118. The Morgan fingerprint density at radius 3 is 2.13 bits per heavy atom. The summed E-state index contributed by atoms with van der Waals surface area (Å²) in [7, 11) is -3.26. The normalized spacial score (nSPS) is 20.1. The first kappa shape index (κ1) is 39.0. The van der Waals surface area contributed by atoms with E-state index >= 15 is 0 Å². The number of esters is 2. The highest BCUT2D eigenvalue weighted by molar-refractivity contribution is 7.88.